The molecule has 0 fully saturated rings. The summed E-state index contributed by atoms with van der Waals surface area (Å²) in [5, 5.41) is 14.0. The molecule has 3 rings (SSSR count). The molecule has 1 aliphatic heterocycles. The van der Waals surface area contributed by atoms with Crippen molar-refractivity contribution in [3.05, 3.63) is 59.2 Å². The topological polar surface area (TPSA) is 77.0 Å². The molecule has 0 saturated carbocycles. The largest absolute Gasteiger partial charge is 0.485 e. The number of nitrogens with one attached hydrogen (secondary N) is 1. The van der Waals surface area contributed by atoms with Crippen LogP contribution in [0.3, 0.4) is 0 Å². The minimum Gasteiger partial charge on any atom is -0.485 e. The molecule has 0 amide bonds. The van der Waals surface area contributed by atoms with E-state index in [0.29, 0.717) is 24.0 Å². The van der Waals surface area contributed by atoms with Crippen molar-refractivity contribution in [1.82, 2.24) is 5.32 Å². The second-order valence-electron chi connectivity index (χ2n) is 7.85. The van der Waals surface area contributed by atoms with Crippen LogP contribution in [0.25, 0.3) is 0 Å². The highest BCUT2D eigenvalue weighted by atomic mass is 16.6. The lowest BCUT2D eigenvalue weighted by Gasteiger charge is -2.26. The zero-order valence-corrected chi connectivity index (χ0v) is 18.1. The lowest BCUT2D eigenvalue weighted by atomic mass is 9.99. The number of benzene rings is 2. The second kappa shape index (κ2) is 9.96. The average molecular weight is 414 g/mol. The Kier molecular flexibility index (Phi) is 7.34. The molecule has 0 spiro atoms. The van der Waals surface area contributed by atoms with Crippen molar-refractivity contribution >= 4 is 5.97 Å². The van der Waals surface area contributed by atoms with Gasteiger partial charge in [-0.05, 0) is 41.2 Å². The van der Waals surface area contributed by atoms with E-state index in [-0.39, 0.29) is 12.6 Å². The maximum atomic E-state index is 11.7. The average Bonchev–Trinajstić information content (AvgIpc) is 2.78. The summed E-state index contributed by atoms with van der Waals surface area (Å²) in [7, 11) is 1.33. The summed E-state index contributed by atoms with van der Waals surface area (Å²) in [6.45, 7) is 6.96. The first kappa shape index (κ1) is 22.1. The molecule has 6 heteroatoms. The summed E-state index contributed by atoms with van der Waals surface area (Å²) in [6, 6.07) is 13.9. The molecule has 0 aromatic heterocycles. The zero-order chi connectivity index (χ0) is 21.7. The number of methoxy groups -OCH3 is 1. The van der Waals surface area contributed by atoms with E-state index in [2.05, 4.69) is 38.2 Å². The van der Waals surface area contributed by atoms with Gasteiger partial charge >= 0.3 is 5.97 Å². The number of fused-ring (bicyclic) bond motifs is 1. The Balaban J connectivity index is 1.63. The molecule has 3 unspecified atom stereocenters. The van der Waals surface area contributed by atoms with E-state index in [1.807, 2.05) is 30.3 Å². The van der Waals surface area contributed by atoms with Gasteiger partial charge in [0, 0.05) is 12.6 Å². The van der Waals surface area contributed by atoms with Crippen LogP contribution in [0.5, 0.6) is 11.5 Å². The summed E-state index contributed by atoms with van der Waals surface area (Å²) in [6.07, 6.45) is -0.479. The maximum Gasteiger partial charge on any atom is 0.350 e. The molecule has 2 N–H and O–H groups in total. The summed E-state index contributed by atoms with van der Waals surface area (Å²) in [5.74, 6) is 1.16. The molecule has 0 radical (unpaired) electrons. The normalized spacial score (nSPS) is 17.5. The van der Waals surface area contributed by atoms with Gasteiger partial charge in [-0.15, -0.1) is 0 Å². The summed E-state index contributed by atoms with van der Waals surface area (Å²) < 4.78 is 16.1. The fourth-order valence-electron chi connectivity index (χ4n) is 3.52. The zero-order valence-electron chi connectivity index (χ0n) is 18.1. The van der Waals surface area contributed by atoms with Crippen LogP contribution in [-0.2, 0) is 9.53 Å². The minimum absolute atomic E-state index is 0.0572. The molecule has 162 valence electrons. The Morgan fingerprint density at radius 3 is 2.43 bits per heavy atom. The van der Waals surface area contributed by atoms with Gasteiger partial charge in [-0.3, -0.25) is 0 Å². The quantitative estimate of drug-likeness (QED) is 0.639. The number of aliphatic hydroxyl groups excluding tert-OH is 1. The van der Waals surface area contributed by atoms with E-state index >= 15 is 0 Å². The molecule has 1 heterocycles. The Morgan fingerprint density at radius 2 is 1.80 bits per heavy atom. The molecule has 0 saturated heterocycles. The van der Waals surface area contributed by atoms with E-state index < -0.39 is 18.2 Å². The van der Waals surface area contributed by atoms with Crippen molar-refractivity contribution in [2.24, 2.45) is 0 Å². The molecule has 0 aliphatic carbocycles. The van der Waals surface area contributed by atoms with Crippen LogP contribution in [0, 0.1) is 0 Å². The number of carbonyl (C=O) groups excluding carboxylic acids is 1. The predicted molar refractivity (Wildman–Crippen MR) is 115 cm³/mol. The third kappa shape index (κ3) is 5.12. The van der Waals surface area contributed by atoms with Crippen molar-refractivity contribution in [2.75, 3.05) is 20.3 Å². The third-order valence-electron chi connectivity index (χ3n) is 5.45. The van der Waals surface area contributed by atoms with E-state index in [4.69, 9.17) is 14.2 Å². The molecule has 30 heavy (non-hydrogen) atoms. The van der Waals surface area contributed by atoms with Gasteiger partial charge in [0.1, 0.15) is 6.61 Å². The molecule has 1 aliphatic rings. The SMILES string of the molecule is CCC(NCC(O)c1ccc(C(C)C)cc1)c1ccc2c(c1)OCC(C(=O)OC)O2. The third-order valence-corrected chi connectivity index (χ3v) is 5.45. The molecule has 0 bridgehead atoms. The lowest BCUT2D eigenvalue weighted by Crippen LogP contribution is -2.37. The van der Waals surface area contributed by atoms with Crippen molar-refractivity contribution in [2.45, 2.75) is 51.4 Å². The van der Waals surface area contributed by atoms with Gasteiger partial charge in [0.25, 0.3) is 0 Å². The van der Waals surface area contributed by atoms with Gasteiger partial charge in [-0.1, -0.05) is 51.1 Å². The highest BCUT2D eigenvalue weighted by Crippen LogP contribution is 2.35. The van der Waals surface area contributed by atoms with Crippen LogP contribution < -0.4 is 14.8 Å². The number of carbonyl (C=O) groups is 1. The van der Waals surface area contributed by atoms with Crippen molar-refractivity contribution in [3.8, 4) is 11.5 Å². The highest BCUT2D eigenvalue weighted by molar-refractivity contribution is 5.75. The number of hydrogen-bond acceptors (Lipinski definition) is 6. The molecular formula is C24H31NO5. The van der Waals surface area contributed by atoms with E-state index in [9.17, 15) is 9.90 Å². The molecule has 3 atom stereocenters. The van der Waals surface area contributed by atoms with Gasteiger partial charge < -0.3 is 24.6 Å². The summed E-state index contributed by atoms with van der Waals surface area (Å²) >= 11 is 0. The van der Waals surface area contributed by atoms with Crippen molar-refractivity contribution < 1.29 is 24.1 Å². The van der Waals surface area contributed by atoms with Gasteiger partial charge in [0.2, 0.25) is 6.10 Å². The number of aliphatic hydroxyl groups is 1. The van der Waals surface area contributed by atoms with Crippen LogP contribution in [0.2, 0.25) is 0 Å². The lowest BCUT2D eigenvalue weighted by molar-refractivity contribution is -0.151. The Morgan fingerprint density at radius 1 is 1.13 bits per heavy atom. The summed E-state index contributed by atoms with van der Waals surface area (Å²) in [4.78, 5) is 11.7. The van der Waals surface area contributed by atoms with Gasteiger partial charge in [0.05, 0.1) is 13.2 Å². The molecular weight excluding hydrogens is 382 g/mol. The Hall–Kier alpha value is -2.57. The molecule has 2 aromatic rings. The van der Waals surface area contributed by atoms with E-state index in [1.165, 1.54) is 12.7 Å². The Bertz CT molecular complexity index is 849. The van der Waals surface area contributed by atoms with Crippen LogP contribution in [-0.4, -0.2) is 37.4 Å². The number of esters is 1. The summed E-state index contributed by atoms with van der Waals surface area (Å²) in [5.41, 5.74) is 3.20. The fourth-order valence-corrected chi connectivity index (χ4v) is 3.52. The van der Waals surface area contributed by atoms with Crippen LogP contribution in [0.15, 0.2) is 42.5 Å². The smallest absolute Gasteiger partial charge is 0.350 e. The number of rotatable bonds is 8. The standard InChI is InChI=1S/C24H31NO5/c1-5-19(25-13-20(26)17-8-6-16(7-9-17)15(2)3)18-10-11-21-22(12-18)29-14-23(30-21)24(27)28-4/h6-12,15,19-20,23,25-26H,5,13-14H2,1-4H3. The second-order valence-corrected chi connectivity index (χ2v) is 7.85. The van der Waals surface area contributed by atoms with Crippen LogP contribution in [0.1, 0.15) is 61.9 Å². The first-order valence-electron chi connectivity index (χ1n) is 10.5. The van der Waals surface area contributed by atoms with Gasteiger partial charge in [-0.25, -0.2) is 4.79 Å². The number of ether oxygens (including phenoxy) is 3. The highest BCUT2D eigenvalue weighted by Gasteiger charge is 2.28. The van der Waals surface area contributed by atoms with E-state index in [1.54, 1.807) is 0 Å². The van der Waals surface area contributed by atoms with Crippen LogP contribution in [0.4, 0.5) is 0 Å². The fraction of sp³-hybridized carbons (Fsp3) is 0.458. The first-order chi connectivity index (χ1) is 14.4. The van der Waals surface area contributed by atoms with Crippen molar-refractivity contribution in [1.29, 1.82) is 0 Å². The van der Waals surface area contributed by atoms with Crippen LogP contribution >= 0.6 is 0 Å². The monoisotopic (exact) mass is 413 g/mol. The Labute approximate surface area is 178 Å². The van der Waals surface area contributed by atoms with Gasteiger partial charge in [-0.2, -0.15) is 0 Å². The first-order valence-corrected chi connectivity index (χ1v) is 10.5. The predicted octanol–water partition coefficient (Wildman–Crippen LogP) is 3.90. The molecule has 6 nitrogen and oxygen atoms in total. The van der Waals surface area contributed by atoms with E-state index in [0.717, 1.165) is 17.5 Å². The van der Waals surface area contributed by atoms with Gasteiger partial charge in [0.15, 0.2) is 11.5 Å². The molecule has 2 aromatic carbocycles. The van der Waals surface area contributed by atoms with Crippen molar-refractivity contribution in [3.63, 3.8) is 0 Å². The number of hydrogen-bond donors (Lipinski definition) is 2. The minimum atomic E-state index is -0.745. The maximum absolute atomic E-state index is 11.7.